The van der Waals surface area contributed by atoms with E-state index in [1.807, 2.05) is 18.2 Å². The first kappa shape index (κ1) is 14.5. The van der Waals surface area contributed by atoms with E-state index in [4.69, 9.17) is 23.2 Å². The van der Waals surface area contributed by atoms with E-state index >= 15 is 0 Å². The van der Waals surface area contributed by atoms with Crippen LogP contribution >= 0.6 is 23.2 Å². The van der Waals surface area contributed by atoms with Gasteiger partial charge in [0.1, 0.15) is 0 Å². The third kappa shape index (κ3) is 2.69. The van der Waals surface area contributed by atoms with Crippen LogP contribution in [0.1, 0.15) is 5.56 Å². The minimum Gasteiger partial charge on any atom is -0.264 e. The summed E-state index contributed by atoms with van der Waals surface area (Å²) in [5.41, 5.74) is 1.89. The zero-order chi connectivity index (χ0) is 15.0. The van der Waals surface area contributed by atoms with Crippen molar-refractivity contribution in [1.82, 2.24) is 0 Å². The highest BCUT2D eigenvalue weighted by molar-refractivity contribution is 7.94. The second kappa shape index (κ2) is 5.40. The zero-order valence-electron chi connectivity index (χ0n) is 10.9. The molecular formula is C14H12Cl2N2O2S. The Bertz CT molecular complexity index is 773. The van der Waals surface area contributed by atoms with Gasteiger partial charge in [-0.3, -0.25) is 9.03 Å². The van der Waals surface area contributed by atoms with Crippen molar-refractivity contribution >= 4 is 44.8 Å². The first-order valence-electron chi connectivity index (χ1n) is 6.31. The number of hydrogen-bond donors (Lipinski definition) is 1. The number of anilines is 2. The van der Waals surface area contributed by atoms with Crippen molar-refractivity contribution < 1.29 is 8.42 Å². The molecule has 1 N–H and O–H groups in total. The molecule has 0 amide bonds. The minimum atomic E-state index is -3.76. The van der Waals surface area contributed by atoms with Gasteiger partial charge in [-0.2, -0.15) is 8.42 Å². The van der Waals surface area contributed by atoms with Crippen LogP contribution in [0.4, 0.5) is 11.4 Å². The standard InChI is InChI=1S/C14H12Cl2N2O2S/c15-11-5-3-6-12(16)14(11)17-21(19,20)18-9-8-10-4-1-2-7-13(10)18/h1-7,17H,8-9H2. The lowest BCUT2D eigenvalue weighted by Crippen LogP contribution is -2.34. The maximum absolute atomic E-state index is 12.6. The van der Waals surface area contributed by atoms with Gasteiger partial charge >= 0.3 is 10.2 Å². The van der Waals surface area contributed by atoms with Crippen LogP contribution in [0.3, 0.4) is 0 Å². The molecule has 1 heterocycles. The van der Waals surface area contributed by atoms with Gasteiger partial charge in [-0.1, -0.05) is 47.5 Å². The first-order chi connectivity index (χ1) is 9.99. The van der Waals surface area contributed by atoms with Crippen LogP contribution in [-0.4, -0.2) is 15.0 Å². The normalized spacial score (nSPS) is 14.1. The van der Waals surface area contributed by atoms with Crippen molar-refractivity contribution in [2.45, 2.75) is 6.42 Å². The van der Waals surface area contributed by atoms with E-state index in [2.05, 4.69) is 4.72 Å². The Morgan fingerprint density at radius 1 is 1.00 bits per heavy atom. The summed E-state index contributed by atoms with van der Waals surface area (Å²) >= 11 is 12.0. The van der Waals surface area contributed by atoms with E-state index in [0.29, 0.717) is 18.7 Å². The van der Waals surface area contributed by atoms with Crippen LogP contribution in [0.25, 0.3) is 0 Å². The summed E-state index contributed by atoms with van der Waals surface area (Å²) in [5.74, 6) is 0. The summed E-state index contributed by atoms with van der Waals surface area (Å²) in [5, 5.41) is 0.525. The maximum Gasteiger partial charge on any atom is 0.324 e. The quantitative estimate of drug-likeness (QED) is 0.924. The molecule has 2 aromatic carbocycles. The number of nitrogens with one attached hydrogen (secondary N) is 1. The van der Waals surface area contributed by atoms with Gasteiger partial charge in [0.15, 0.2) is 0 Å². The molecule has 0 spiro atoms. The Kier molecular flexibility index (Phi) is 3.73. The number of halogens is 2. The van der Waals surface area contributed by atoms with Gasteiger partial charge in [-0.15, -0.1) is 0 Å². The molecule has 0 aliphatic carbocycles. The van der Waals surface area contributed by atoms with Gasteiger partial charge in [0.2, 0.25) is 0 Å². The van der Waals surface area contributed by atoms with Crippen LogP contribution in [0.2, 0.25) is 10.0 Å². The highest BCUT2D eigenvalue weighted by Gasteiger charge is 2.29. The number of para-hydroxylation sites is 2. The molecule has 0 atom stereocenters. The molecular weight excluding hydrogens is 331 g/mol. The molecule has 0 unspecified atom stereocenters. The summed E-state index contributed by atoms with van der Waals surface area (Å²) < 4.78 is 28.9. The molecule has 0 radical (unpaired) electrons. The van der Waals surface area contributed by atoms with E-state index < -0.39 is 10.2 Å². The highest BCUT2D eigenvalue weighted by atomic mass is 35.5. The van der Waals surface area contributed by atoms with Crippen LogP contribution in [0, 0.1) is 0 Å². The Morgan fingerprint density at radius 2 is 1.67 bits per heavy atom. The fraction of sp³-hybridized carbons (Fsp3) is 0.143. The summed E-state index contributed by atoms with van der Waals surface area (Å²) in [6.45, 7) is 0.400. The zero-order valence-corrected chi connectivity index (χ0v) is 13.2. The third-order valence-corrected chi connectivity index (χ3v) is 5.38. The molecule has 3 rings (SSSR count). The molecule has 2 aromatic rings. The summed E-state index contributed by atoms with van der Waals surface area (Å²) in [6.07, 6.45) is 0.688. The molecule has 4 nitrogen and oxygen atoms in total. The number of benzene rings is 2. The smallest absolute Gasteiger partial charge is 0.264 e. The lowest BCUT2D eigenvalue weighted by atomic mass is 10.2. The van der Waals surface area contributed by atoms with Crippen LogP contribution < -0.4 is 9.03 Å². The SMILES string of the molecule is O=S(=O)(Nc1c(Cl)cccc1Cl)N1CCc2ccccc21. The molecule has 21 heavy (non-hydrogen) atoms. The van der Waals surface area contributed by atoms with Gasteiger partial charge < -0.3 is 0 Å². The molecule has 0 bridgehead atoms. The molecule has 0 fully saturated rings. The largest absolute Gasteiger partial charge is 0.324 e. The Labute approximate surface area is 133 Å². The van der Waals surface area contributed by atoms with Crippen LogP contribution in [-0.2, 0) is 16.6 Å². The highest BCUT2D eigenvalue weighted by Crippen LogP contribution is 2.34. The lowest BCUT2D eigenvalue weighted by molar-refractivity contribution is 0.597. The Morgan fingerprint density at radius 3 is 2.38 bits per heavy atom. The molecule has 1 aliphatic heterocycles. The van der Waals surface area contributed by atoms with Gasteiger partial charge in [-0.25, -0.2) is 0 Å². The van der Waals surface area contributed by atoms with Crippen molar-refractivity contribution in [2.24, 2.45) is 0 Å². The molecule has 1 aliphatic rings. The van der Waals surface area contributed by atoms with Crippen molar-refractivity contribution in [2.75, 3.05) is 15.6 Å². The van der Waals surface area contributed by atoms with E-state index in [-0.39, 0.29) is 15.7 Å². The Hall–Kier alpha value is -1.43. The third-order valence-electron chi connectivity index (χ3n) is 3.33. The number of nitrogens with zero attached hydrogens (tertiary/aromatic N) is 1. The average Bonchev–Trinajstić information content (AvgIpc) is 2.88. The molecule has 7 heteroatoms. The topological polar surface area (TPSA) is 49.4 Å². The first-order valence-corrected chi connectivity index (χ1v) is 8.51. The van der Waals surface area contributed by atoms with Crippen molar-refractivity contribution in [1.29, 1.82) is 0 Å². The molecule has 110 valence electrons. The average molecular weight is 343 g/mol. The van der Waals surface area contributed by atoms with E-state index in [0.717, 1.165) is 5.56 Å². The maximum atomic E-state index is 12.6. The number of hydrogen-bond acceptors (Lipinski definition) is 2. The second-order valence-electron chi connectivity index (χ2n) is 4.65. The number of rotatable bonds is 3. The van der Waals surface area contributed by atoms with E-state index in [9.17, 15) is 8.42 Å². The molecule has 0 aromatic heterocycles. The van der Waals surface area contributed by atoms with Crippen molar-refractivity contribution in [3.05, 3.63) is 58.1 Å². The van der Waals surface area contributed by atoms with Crippen LogP contribution in [0.15, 0.2) is 42.5 Å². The van der Waals surface area contributed by atoms with E-state index in [1.165, 1.54) is 4.31 Å². The summed E-state index contributed by atoms with van der Waals surface area (Å²) in [6, 6.07) is 12.3. The van der Waals surface area contributed by atoms with Gasteiger partial charge in [-0.05, 0) is 30.2 Å². The molecule has 0 saturated heterocycles. The second-order valence-corrected chi connectivity index (χ2v) is 7.06. The van der Waals surface area contributed by atoms with Crippen molar-refractivity contribution in [3.8, 4) is 0 Å². The fourth-order valence-electron chi connectivity index (χ4n) is 2.34. The Balaban J connectivity index is 1.96. The van der Waals surface area contributed by atoms with Crippen molar-refractivity contribution in [3.63, 3.8) is 0 Å². The lowest BCUT2D eigenvalue weighted by Gasteiger charge is -2.21. The van der Waals surface area contributed by atoms with Gasteiger partial charge in [0, 0.05) is 6.54 Å². The monoisotopic (exact) mass is 342 g/mol. The number of fused-ring (bicyclic) bond motifs is 1. The minimum absolute atomic E-state index is 0.199. The predicted molar refractivity (Wildman–Crippen MR) is 86.5 cm³/mol. The van der Waals surface area contributed by atoms with Gasteiger partial charge in [0.25, 0.3) is 0 Å². The summed E-state index contributed by atoms with van der Waals surface area (Å²) in [4.78, 5) is 0. The van der Waals surface area contributed by atoms with Crippen LogP contribution in [0.5, 0.6) is 0 Å². The fourth-order valence-corrected chi connectivity index (χ4v) is 4.30. The van der Waals surface area contributed by atoms with E-state index in [1.54, 1.807) is 24.3 Å². The predicted octanol–water partition coefficient (Wildman–Crippen LogP) is 3.71. The molecule has 0 saturated carbocycles. The summed E-state index contributed by atoms with van der Waals surface area (Å²) in [7, 11) is -3.76. The van der Waals surface area contributed by atoms with Gasteiger partial charge in [0.05, 0.1) is 21.4 Å².